The molecule has 2 aromatic rings. The van der Waals surface area contributed by atoms with Crippen LogP contribution in [0.2, 0.25) is 0 Å². The van der Waals surface area contributed by atoms with E-state index in [9.17, 15) is 9.59 Å². The molecule has 0 N–H and O–H groups in total. The third-order valence-electron chi connectivity index (χ3n) is 5.25. The maximum Gasteiger partial charge on any atom is 0.227 e. The van der Waals surface area contributed by atoms with E-state index in [1.54, 1.807) is 16.0 Å². The van der Waals surface area contributed by atoms with Gasteiger partial charge in [0, 0.05) is 59.0 Å². The Balaban J connectivity index is 1.48. The number of hydrogen-bond acceptors (Lipinski definition) is 3. The molecule has 6 nitrogen and oxygen atoms in total. The molecule has 1 unspecified atom stereocenters. The minimum absolute atomic E-state index is 0.0644. The monoisotopic (exact) mass is 368 g/mol. The minimum atomic E-state index is -0.235. The number of hydrogen-bond donors (Lipinski definition) is 0. The molecule has 1 aliphatic rings. The summed E-state index contributed by atoms with van der Waals surface area (Å²) in [5.41, 5.74) is 2.30. The van der Waals surface area contributed by atoms with Crippen LogP contribution in [0.5, 0.6) is 0 Å². The summed E-state index contributed by atoms with van der Waals surface area (Å²) >= 11 is 0. The fourth-order valence-corrected chi connectivity index (χ4v) is 3.54. The molecule has 1 aromatic carbocycles. The Hall–Kier alpha value is -2.63. The van der Waals surface area contributed by atoms with Gasteiger partial charge in [0.25, 0.3) is 0 Å². The number of imidazole rings is 1. The summed E-state index contributed by atoms with van der Waals surface area (Å²) in [5.74, 6) is 0.919. The van der Waals surface area contributed by atoms with Crippen LogP contribution < -0.4 is 0 Å². The van der Waals surface area contributed by atoms with Gasteiger partial charge in [-0.2, -0.15) is 0 Å². The first kappa shape index (κ1) is 19.1. The summed E-state index contributed by atoms with van der Waals surface area (Å²) < 4.78 is 2.00. The quantitative estimate of drug-likeness (QED) is 0.753. The van der Waals surface area contributed by atoms with Crippen LogP contribution in [-0.4, -0.2) is 51.3 Å². The van der Waals surface area contributed by atoms with E-state index in [0.717, 1.165) is 24.2 Å². The number of likely N-dealkylation sites (tertiary alicyclic amines) is 1. The van der Waals surface area contributed by atoms with Crippen LogP contribution in [-0.2, 0) is 29.6 Å². The number of amides is 2. The molecule has 3 rings (SSSR count). The molecular formula is C21H28N4O2. The van der Waals surface area contributed by atoms with Crippen molar-refractivity contribution in [3.8, 4) is 0 Å². The molecule has 2 amide bonds. The van der Waals surface area contributed by atoms with E-state index in [1.807, 2.05) is 56.0 Å². The first-order valence-electron chi connectivity index (χ1n) is 9.48. The molecule has 144 valence electrons. The van der Waals surface area contributed by atoms with Crippen LogP contribution in [0.3, 0.4) is 0 Å². The van der Waals surface area contributed by atoms with Crippen molar-refractivity contribution in [1.82, 2.24) is 19.4 Å². The molecule has 0 bridgehead atoms. The Labute approximate surface area is 160 Å². The fourth-order valence-electron chi connectivity index (χ4n) is 3.54. The smallest absolute Gasteiger partial charge is 0.227 e. The predicted octanol–water partition coefficient (Wildman–Crippen LogP) is 2.17. The van der Waals surface area contributed by atoms with Crippen molar-refractivity contribution in [3.05, 3.63) is 53.6 Å². The van der Waals surface area contributed by atoms with Gasteiger partial charge < -0.3 is 14.4 Å². The highest BCUT2D eigenvalue weighted by atomic mass is 16.2. The average Bonchev–Trinajstić information content (AvgIpc) is 3.22. The van der Waals surface area contributed by atoms with Crippen LogP contribution in [0.25, 0.3) is 0 Å². The van der Waals surface area contributed by atoms with Crippen molar-refractivity contribution in [1.29, 1.82) is 0 Å². The first-order valence-corrected chi connectivity index (χ1v) is 9.48. The van der Waals surface area contributed by atoms with E-state index in [0.29, 0.717) is 26.1 Å². The number of carbonyl (C=O) groups is 2. The van der Waals surface area contributed by atoms with Gasteiger partial charge in [-0.25, -0.2) is 4.98 Å². The molecule has 6 heteroatoms. The van der Waals surface area contributed by atoms with Gasteiger partial charge in [-0.1, -0.05) is 29.8 Å². The van der Waals surface area contributed by atoms with Crippen LogP contribution in [0.1, 0.15) is 29.8 Å². The van der Waals surface area contributed by atoms with Gasteiger partial charge in [-0.05, 0) is 18.9 Å². The molecule has 2 heterocycles. The predicted molar refractivity (Wildman–Crippen MR) is 104 cm³/mol. The normalized spacial score (nSPS) is 16.8. The second kappa shape index (κ2) is 8.37. The van der Waals surface area contributed by atoms with E-state index < -0.39 is 0 Å². The number of benzene rings is 1. The van der Waals surface area contributed by atoms with Crippen LogP contribution in [0.4, 0.5) is 0 Å². The van der Waals surface area contributed by atoms with E-state index in [1.165, 1.54) is 5.56 Å². The lowest BCUT2D eigenvalue weighted by Crippen LogP contribution is -2.35. The molecule has 1 fully saturated rings. The van der Waals surface area contributed by atoms with Crippen molar-refractivity contribution in [2.24, 2.45) is 13.0 Å². The molecule has 27 heavy (non-hydrogen) atoms. The van der Waals surface area contributed by atoms with Crippen molar-refractivity contribution in [2.75, 3.05) is 20.1 Å². The van der Waals surface area contributed by atoms with E-state index in [4.69, 9.17) is 0 Å². The lowest BCUT2D eigenvalue weighted by atomic mass is 10.1. The van der Waals surface area contributed by atoms with Gasteiger partial charge in [-0.3, -0.25) is 9.59 Å². The molecule has 1 atom stereocenters. The van der Waals surface area contributed by atoms with Gasteiger partial charge in [-0.15, -0.1) is 0 Å². The summed E-state index contributed by atoms with van der Waals surface area (Å²) in [6.07, 6.45) is 5.73. The molecule has 0 saturated carbocycles. The molecule has 0 radical (unpaired) electrons. The number of aryl methyl sites for hydroxylation is 3. The SMILES string of the molecule is Cc1ccc(CN2CC(C(=O)N(C)CCCc3nccn3C)CC2=O)cc1. The summed E-state index contributed by atoms with van der Waals surface area (Å²) in [5, 5.41) is 0. The van der Waals surface area contributed by atoms with Gasteiger partial charge in [0.05, 0.1) is 5.92 Å². The highest BCUT2D eigenvalue weighted by molar-refractivity contribution is 5.89. The molecule has 0 aliphatic carbocycles. The largest absolute Gasteiger partial charge is 0.345 e. The number of nitrogens with zero attached hydrogens (tertiary/aromatic N) is 4. The third kappa shape index (κ3) is 4.76. The zero-order chi connectivity index (χ0) is 19.4. The van der Waals surface area contributed by atoms with Crippen molar-refractivity contribution >= 4 is 11.8 Å². The average molecular weight is 368 g/mol. The van der Waals surface area contributed by atoms with E-state index >= 15 is 0 Å². The van der Waals surface area contributed by atoms with Gasteiger partial charge in [0.15, 0.2) is 0 Å². The standard InChI is InChI=1S/C21H28N4O2/c1-16-6-8-17(9-7-16)14-25-15-18(13-20(25)26)21(27)24(3)11-4-5-19-22-10-12-23(19)2/h6-10,12,18H,4-5,11,13-15H2,1-3H3. The maximum absolute atomic E-state index is 12.7. The van der Waals surface area contributed by atoms with Gasteiger partial charge >= 0.3 is 0 Å². The molecular weight excluding hydrogens is 340 g/mol. The second-order valence-electron chi connectivity index (χ2n) is 7.48. The highest BCUT2D eigenvalue weighted by Crippen LogP contribution is 2.22. The first-order chi connectivity index (χ1) is 12.9. The number of rotatable bonds is 7. The summed E-state index contributed by atoms with van der Waals surface area (Å²) in [6.45, 7) is 3.80. The Morgan fingerprint density at radius 3 is 2.70 bits per heavy atom. The van der Waals surface area contributed by atoms with Crippen molar-refractivity contribution in [2.45, 2.75) is 32.7 Å². The topological polar surface area (TPSA) is 58.4 Å². The van der Waals surface area contributed by atoms with E-state index in [-0.39, 0.29) is 17.7 Å². The summed E-state index contributed by atoms with van der Waals surface area (Å²) in [6, 6.07) is 8.19. The summed E-state index contributed by atoms with van der Waals surface area (Å²) in [4.78, 5) is 32.9. The van der Waals surface area contributed by atoms with E-state index in [2.05, 4.69) is 4.98 Å². The molecule has 1 saturated heterocycles. The zero-order valence-corrected chi connectivity index (χ0v) is 16.4. The maximum atomic E-state index is 12.7. The Bertz CT molecular complexity index is 797. The summed E-state index contributed by atoms with van der Waals surface area (Å²) in [7, 11) is 3.80. The molecule has 0 spiro atoms. The van der Waals surface area contributed by atoms with Crippen molar-refractivity contribution in [3.63, 3.8) is 0 Å². The lowest BCUT2D eigenvalue weighted by molar-refractivity contribution is -0.134. The van der Waals surface area contributed by atoms with Crippen molar-refractivity contribution < 1.29 is 9.59 Å². The van der Waals surface area contributed by atoms with Crippen LogP contribution in [0, 0.1) is 12.8 Å². The van der Waals surface area contributed by atoms with Gasteiger partial charge in [0.2, 0.25) is 11.8 Å². The van der Waals surface area contributed by atoms with Gasteiger partial charge in [0.1, 0.15) is 5.82 Å². The minimum Gasteiger partial charge on any atom is -0.345 e. The lowest BCUT2D eigenvalue weighted by Gasteiger charge is -2.21. The number of carbonyl (C=O) groups excluding carboxylic acids is 2. The molecule has 1 aromatic heterocycles. The zero-order valence-electron chi connectivity index (χ0n) is 16.4. The Morgan fingerprint density at radius 2 is 2.04 bits per heavy atom. The Morgan fingerprint density at radius 1 is 1.30 bits per heavy atom. The fraction of sp³-hybridized carbons (Fsp3) is 0.476. The third-order valence-corrected chi connectivity index (χ3v) is 5.25. The van der Waals surface area contributed by atoms with Crippen LogP contribution in [0.15, 0.2) is 36.7 Å². The second-order valence-corrected chi connectivity index (χ2v) is 7.48. The Kier molecular flexibility index (Phi) is 5.94. The highest BCUT2D eigenvalue weighted by Gasteiger charge is 2.35. The number of aromatic nitrogens is 2. The molecule has 1 aliphatic heterocycles. The van der Waals surface area contributed by atoms with Crippen LogP contribution >= 0.6 is 0 Å².